The number of aliphatic hydroxyl groups is 2. The van der Waals surface area contributed by atoms with Gasteiger partial charge < -0.3 is 33.6 Å². The van der Waals surface area contributed by atoms with Crippen molar-refractivity contribution >= 4 is 42.4 Å². The number of benzene rings is 3. The van der Waals surface area contributed by atoms with Crippen molar-refractivity contribution in [3.05, 3.63) is 108 Å². The molecular formula is C47H56O11Si. The maximum Gasteiger partial charge on any atom is 0.338 e. The molecule has 1 saturated heterocycles. The molecule has 4 aliphatic rings. The number of Topliss-reactive ketones (excluding diaryl/α,β-unsaturated/α-hetero) is 1. The van der Waals surface area contributed by atoms with Gasteiger partial charge in [0.05, 0.1) is 35.7 Å². The molecular weight excluding hydrogens is 769 g/mol. The van der Waals surface area contributed by atoms with Crippen molar-refractivity contribution in [2.75, 3.05) is 6.61 Å². The van der Waals surface area contributed by atoms with E-state index in [1.54, 1.807) is 58.0 Å². The molecule has 2 N–H and O–H groups in total. The van der Waals surface area contributed by atoms with Crippen LogP contribution in [0.1, 0.15) is 85.5 Å². The van der Waals surface area contributed by atoms with Gasteiger partial charge in [-0.05, 0) is 52.5 Å². The summed E-state index contributed by atoms with van der Waals surface area (Å²) >= 11 is 0. The Hall–Kier alpha value is -4.46. The molecule has 314 valence electrons. The lowest BCUT2D eigenvalue weighted by Crippen LogP contribution is -2.83. The predicted octanol–water partition coefficient (Wildman–Crippen LogP) is 5.24. The van der Waals surface area contributed by atoms with Crippen molar-refractivity contribution < 1.29 is 52.8 Å². The summed E-state index contributed by atoms with van der Waals surface area (Å²) < 4.78 is 33.2. The van der Waals surface area contributed by atoms with Gasteiger partial charge in [-0.25, -0.2) is 4.79 Å². The predicted molar refractivity (Wildman–Crippen MR) is 221 cm³/mol. The van der Waals surface area contributed by atoms with E-state index in [9.17, 15) is 24.6 Å². The van der Waals surface area contributed by atoms with Crippen LogP contribution in [0.5, 0.6) is 0 Å². The van der Waals surface area contributed by atoms with E-state index in [-0.39, 0.29) is 30.6 Å². The largest absolute Gasteiger partial charge is 0.455 e. The number of ketones is 1. The molecule has 3 aromatic carbocycles. The van der Waals surface area contributed by atoms with E-state index in [4.69, 9.17) is 23.4 Å². The Labute approximate surface area is 347 Å². The number of rotatable bonds is 8. The zero-order valence-electron chi connectivity index (χ0n) is 35.3. The molecule has 0 aromatic heterocycles. The number of esters is 3. The topological polar surface area (TPSA) is 155 Å². The maximum atomic E-state index is 16.3. The van der Waals surface area contributed by atoms with E-state index < -0.39 is 95.5 Å². The SMILES string of the molecule is CC(=O)O[C@H]1C(=O)[C@]2(C)[C@@H](O[Si](c3ccccc3)(c3ccccc3)C(C)(C)C)C[C@H]3OC[C@@]3(OC(C)=O)[C@H]2[C@H](OC(=O)c2ccccc2)[C@]2(O)C[C@H](O)C(C)=C1C2(C)C. The van der Waals surface area contributed by atoms with E-state index in [2.05, 4.69) is 20.8 Å². The van der Waals surface area contributed by atoms with Gasteiger partial charge in [0.2, 0.25) is 0 Å². The first-order valence-electron chi connectivity index (χ1n) is 20.4. The van der Waals surface area contributed by atoms with Crippen LogP contribution in [0.2, 0.25) is 5.04 Å². The third-order valence-corrected chi connectivity index (χ3v) is 19.0. The summed E-state index contributed by atoms with van der Waals surface area (Å²) in [4.78, 5) is 57.3. The van der Waals surface area contributed by atoms with Gasteiger partial charge in [-0.15, -0.1) is 0 Å². The van der Waals surface area contributed by atoms with Crippen LogP contribution in [-0.4, -0.2) is 90.6 Å². The van der Waals surface area contributed by atoms with Crippen molar-refractivity contribution in [1.82, 2.24) is 0 Å². The molecule has 3 aliphatic carbocycles. The molecule has 0 radical (unpaired) electrons. The van der Waals surface area contributed by atoms with Crippen molar-refractivity contribution in [3.8, 4) is 0 Å². The van der Waals surface area contributed by atoms with Gasteiger partial charge in [-0.3, -0.25) is 14.4 Å². The fraction of sp³-hybridized carbons (Fsp3) is 0.489. The molecule has 1 aliphatic heterocycles. The summed E-state index contributed by atoms with van der Waals surface area (Å²) in [6.07, 6.45) is -6.76. The first-order valence-corrected chi connectivity index (χ1v) is 22.3. The molecule has 0 spiro atoms. The van der Waals surface area contributed by atoms with E-state index >= 15 is 4.79 Å². The van der Waals surface area contributed by atoms with Gasteiger partial charge in [0.25, 0.3) is 8.32 Å². The molecule has 2 bridgehead atoms. The van der Waals surface area contributed by atoms with Gasteiger partial charge in [-0.2, -0.15) is 0 Å². The first-order chi connectivity index (χ1) is 27.7. The summed E-state index contributed by atoms with van der Waals surface area (Å²) in [6.45, 7) is 15.4. The summed E-state index contributed by atoms with van der Waals surface area (Å²) in [5.41, 5.74) is -6.34. The normalized spacial score (nSPS) is 32.6. The Balaban J connectivity index is 1.58. The van der Waals surface area contributed by atoms with Crippen LogP contribution >= 0.6 is 0 Å². The minimum absolute atomic E-state index is 0.0607. The molecule has 12 heteroatoms. The Morgan fingerprint density at radius 2 is 1.37 bits per heavy atom. The van der Waals surface area contributed by atoms with Gasteiger partial charge in [0.15, 0.2) is 17.5 Å². The molecule has 7 rings (SSSR count). The maximum absolute atomic E-state index is 16.3. The summed E-state index contributed by atoms with van der Waals surface area (Å²) in [6, 6.07) is 28.1. The molecule has 9 atom stereocenters. The van der Waals surface area contributed by atoms with Gasteiger partial charge >= 0.3 is 17.9 Å². The molecule has 11 nitrogen and oxygen atoms in total. The molecule has 0 amide bonds. The second kappa shape index (κ2) is 14.9. The van der Waals surface area contributed by atoms with Crippen LogP contribution in [0.25, 0.3) is 0 Å². The molecule has 0 unspecified atom stereocenters. The van der Waals surface area contributed by atoms with E-state index in [0.717, 1.165) is 10.4 Å². The second-order valence-corrected chi connectivity index (χ2v) is 22.8. The highest BCUT2D eigenvalue weighted by Crippen LogP contribution is 2.65. The Morgan fingerprint density at radius 3 is 1.85 bits per heavy atom. The Morgan fingerprint density at radius 1 is 0.831 bits per heavy atom. The highest BCUT2D eigenvalue weighted by Gasteiger charge is 2.79. The summed E-state index contributed by atoms with van der Waals surface area (Å²) in [5.74, 6) is -4.17. The van der Waals surface area contributed by atoms with Gasteiger partial charge in [0.1, 0.15) is 17.8 Å². The Kier molecular flexibility index (Phi) is 10.8. The third kappa shape index (κ3) is 6.44. The Bertz CT molecular complexity index is 2110. The minimum Gasteiger partial charge on any atom is -0.455 e. The molecule has 1 heterocycles. The quantitative estimate of drug-likeness (QED) is 0.133. The van der Waals surface area contributed by atoms with Crippen LogP contribution in [0.3, 0.4) is 0 Å². The lowest BCUT2D eigenvalue weighted by molar-refractivity contribution is -0.344. The van der Waals surface area contributed by atoms with Crippen LogP contribution in [0.4, 0.5) is 0 Å². The van der Waals surface area contributed by atoms with E-state index in [0.29, 0.717) is 5.57 Å². The van der Waals surface area contributed by atoms with E-state index in [1.807, 2.05) is 60.7 Å². The van der Waals surface area contributed by atoms with Crippen molar-refractivity contribution in [3.63, 3.8) is 0 Å². The standard InChI is InChI=1S/C47H56O11Si/c1-28-34(50)26-47(53)41(56-42(52)31-19-13-10-14-20-31)39-45(9,40(51)38(55-29(2)48)37(28)44(47,7)8)35(25-36-46(39,27-54-36)57-30(3)49)58-59(43(4,5)6,32-21-15-11-16-22-32)33-23-17-12-18-24-33/h10-24,34-36,38-39,41,50,53H,25-27H2,1-9H3/t34-,35-,36+,38+,39-,41-,45+,46-,47+/m0/s1. The fourth-order valence-corrected chi connectivity index (χ4v) is 15.7. The van der Waals surface area contributed by atoms with E-state index in [1.165, 1.54) is 13.8 Å². The highest BCUT2D eigenvalue weighted by atomic mass is 28.4. The zero-order valence-corrected chi connectivity index (χ0v) is 36.3. The van der Waals surface area contributed by atoms with Crippen molar-refractivity contribution in [2.45, 2.75) is 122 Å². The monoisotopic (exact) mass is 824 g/mol. The first kappa shape index (κ1) is 42.7. The van der Waals surface area contributed by atoms with Gasteiger partial charge in [-0.1, -0.05) is 113 Å². The molecule has 3 aromatic rings. The highest BCUT2D eigenvalue weighted by molar-refractivity contribution is 6.99. The van der Waals surface area contributed by atoms with Crippen LogP contribution < -0.4 is 10.4 Å². The van der Waals surface area contributed by atoms with Crippen LogP contribution in [-0.2, 0) is 37.8 Å². The lowest BCUT2D eigenvalue weighted by atomic mass is 9.44. The number of aliphatic hydroxyl groups excluding tert-OH is 1. The number of ether oxygens (including phenoxy) is 4. The molecule has 59 heavy (non-hydrogen) atoms. The van der Waals surface area contributed by atoms with Crippen LogP contribution in [0, 0.1) is 16.7 Å². The number of hydrogen-bond acceptors (Lipinski definition) is 11. The minimum atomic E-state index is -3.51. The zero-order chi connectivity index (χ0) is 42.9. The fourth-order valence-electron chi connectivity index (χ4n) is 11.0. The second-order valence-electron chi connectivity index (χ2n) is 18.5. The lowest BCUT2D eigenvalue weighted by Gasteiger charge is -2.68. The van der Waals surface area contributed by atoms with Crippen LogP contribution in [0.15, 0.2) is 102 Å². The average molecular weight is 825 g/mol. The third-order valence-electron chi connectivity index (χ3n) is 13.9. The average Bonchev–Trinajstić information content (AvgIpc) is 3.17. The molecule has 3 fully saturated rings. The van der Waals surface area contributed by atoms with Gasteiger partial charge in [0, 0.05) is 32.1 Å². The summed E-state index contributed by atoms with van der Waals surface area (Å²) in [5, 5.41) is 26.7. The van der Waals surface area contributed by atoms with Crippen molar-refractivity contribution in [2.24, 2.45) is 16.7 Å². The number of carbonyl (C=O) groups excluding carboxylic acids is 4. The smallest absolute Gasteiger partial charge is 0.338 e. The molecule has 2 saturated carbocycles. The number of carbonyl (C=O) groups is 4. The number of fused-ring (bicyclic) bond motifs is 5. The van der Waals surface area contributed by atoms with Crippen molar-refractivity contribution in [1.29, 1.82) is 0 Å². The summed E-state index contributed by atoms with van der Waals surface area (Å²) in [7, 11) is -3.51. The number of hydrogen-bond donors (Lipinski definition) is 2.